The average Bonchev–Trinajstić information content (AvgIpc) is 2.76. The Kier molecular flexibility index (Phi) is 4.05. The van der Waals surface area contributed by atoms with E-state index in [1.54, 1.807) is 0 Å². The quantitative estimate of drug-likeness (QED) is 0.563. The Morgan fingerprint density at radius 2 is 2.25 bits per heavy atom. The Morgan fingerprint density at radius 1 is 1.38 bits per heavy atom. The van der Waals surface area contributed by atoms with Gasteiger partial charge in [0, 0.05) is 22.6 Å². The number of hydrogen-bond acceptors (Lipinski definition) is 2. The number of ketones is 1. The fourth-order valence-corrected chi connectivity index (χ4v) is 3.09. The van der Waals surface area contributed by atoms with Crippen LogP contribution in [0.3, 0.4) is 0 Å². The Balaban J connectivity index is 2.01. The first-order valence-electron chi connectivity index (χ1n) is 6.10. The molecule has 0 amide bonds. The number of fused-ring (bicyclic) bond motifs is 1. The van der Waals surface area contributed by atoms with Crippen LogP contribution in [0.15, 0.2) is 23.1 Å². The summed E-state index contributed by atoms with van der Waals surface area (Å²) < 4.78 is 0. The molecule has 0 aliphatic carbocycles. The molecule has 1 aliphatic heterocycles. The first-order valence-corrected chi connectivity index (χ1v) is 7.08. The molecule has 1 aromatic carbocycles. The van der Waals surface area contributed by atoms with Crippen LogP contribution in [-0.4, -0.2) is 11.5 Å². The van der Waals surface area contributed by atoms with Gasteiger partial charge in [-0.3, -0.25) is 4.79 Å². The third-order valence-corrected chi connectivity index (χ3v) is 4.14. The van der Waals surface area contributed by atoms with E-state index < -0.39 is 0 Å². The number of carbonyl (C=O) groups is 1. The lowest BCUT2D eigenvalue weighted by atomic mass is 10.0. The van der Waals surface area contributed by atoms with Gasteiger partial charge in [-0.25, -0.2) is 0 Å². The predicted molar refractivity (Wildman–Crippen MR) is 69.3 cm³/mol. The highest BCUT2D eigenvalue weighted by Crippen LogP contribution is 2.31. The Morgan fingerprint density at radius 3 is 3.06 bits per heavy atom. The van der Waals surface area contributed by atoms with Gasteiger partial charge in [-0.1, -0.05) is 25.8 Å². The number of hydrogen-bond donors (Lipinski definition) is 0. The van der Waals surface area contributed by atoms with Crippen molar-refractivity contribution in [1.82, 2.24) is 0 Å². The fraction of sp³-hybridized carbons (Fsp3) is 0.500. The lowest BCUT2D eigenvalue weighted by Crippen LogP contribution is -1.99. The zero-order valence-electron chi connectivity index (χ0n) is 9.79. The Bertz CT molecular complexity index is 384. The number of aryl methyl sites for hydroxylation is 1. The molecule has 1 nitrogen and oxygen atoms in total. The molecule has 1 aliphatic rings. The maximum absolute atomic E-state index is 11.9. The van der Waals surface area contributed by atoms with Crippen LogP contribution in [0.2, 0.25) is 0 Å². The highest BCUT2D eigenvalue weighted by Gasteiger charge is 2.13. The number of unbranched alkanes of at least 4 members (excludes halogenated alkanes) is 2. The third kappa shape index (κ3) is 2.67. The van der Waals surface area contributed by atoms with Gasteiger partial charge in [0.05, 0.1) is 0 Å². The third-order valence-electron chi connectivity index (χ3n) is 3.02. The molecule has 2 rings (SSSR count). The van der Waals surface area contributed by atoms with E-state index in [1.165, 1.54) is 22.6 Å². The van der Waals surface area contributed by atoms with Gasteiger partial charge in [0.15, 0.2) is 5.78 Å². The van der Waals surface area contributed by atoms with Crippen LogP contribution in [0.4, 0.5) is 0 Å². The monoisotopic (exact) mass is 234 g/mol. The Labute approximate surface area is 102 Å². The zero-order chi connectivity index (χ0) is 11.4. The van der Waals surface area contributed by atoms with Gasteiger partial charge in [0.25, 0.3) is 0 Å². The fourth-order valence-electron chi connectivity index (χ4n) is 2.04. The molecule has 2 heteroatoms. The van der Waals surface area contributed by atoms with Crippen LogP contribution in [0.5, 0.6) is 0 Å². The first-order chi connectivity index (χ1) is 7.81. The molecule has 0 fully saturated rings. The largest absolute Gasteiger partial charge is 0.294 e. The molecule has 1 aromatic rings. The summed E-state index contributed by atoms with van der Waals surface area (Å²) in [7, 11) is 0. The van der Waals surface area contributed by atoms with Crippen molar-refractivity contribution >= 4 is 17.5 Å². The zero-order valence-corrected chi connectivity index (χ0v) is 10.6. The van der Waals surface area contributed by atoms with E-state index in [1.807, 2.05) is 17.8 Å². The van der Waals surface area contributed by atoms with Crippen molar-refractivity contribution in [1.29, 1.82) is 0 Å². The second-order valence-electron chi connectivity index (χ2n) is 4.30. The summed E-state index contributed by atoms with van der Waals surface area (Å²) >= 11 is 1.90. The highest BCUT2D eigenvalue weighted by atomic mass is 32.2. The summed E-state index contributed by atoms with van der Waals surface area (Å²) in [6.07, 6.45) is 5.19. The molecule has 0 saturated heterocycles. The molecular formula is C14H18OS. The van der Waals surface area contributed by atoms with E-state index in [4.69, 9.17) is 0 Å². The summed E-state index contributed by atoms with van der Waals surface area (Å²) in [4.78, 5) is 13.3. The van der Waals surface area contributed by atoms with Crippen molar-refractivity contribution in [3.05, 3.63) is 29.3 Å². The van der Waals surface area contributed by atoms with E-state index >= 15 is 0 Å². The van der Waals surface area contributed by atoms with E-state index in [9.17, 15) is 4.79 Å². The Hall–Kier alpha value is -0.760. The molecule has 0 aromatic heterocycles. The summed E-state index contributed by atoms with van der Waals surface area (Å²) in [5.74, 6) is 1.48. The van der Waals surface area contributed by atoms with Crippen LogP contribution in [-0.2, 0) is 6.42 Å². The van der Waals surface area contributed by atoms with Crippen molar-refractivity contribution in [3.63, 3.8) is 0 Å². The molecule has 0 spiro atoms. The van der Waals surface area contributed by atoms with E-state index in [-0.39, 0.29) is 0 Å². The minimum atomic E-state index is 0.313. The lowest BCUT2D eigenvalue weighted by Gasteiger charge is -2.03. The van der Waals surface area contributed by atoms with Crippen molar-refractivity contribution in [2.45, 2.75) is 43.9 Å². The van der Waals surface area contributed by atoms with Gasteiger partial charge in [-0.2, -0.15) is 0 Å². The molecule has 86 valence electrons. The minimum absolute atomic E-state index is 0.313. The molecular weight excluding hydrogens is 216 g/mol. The number of Topliss-reactive ketones (excluding diaryl/α,β-unsaturated/α-hetero) is 1. The van der Waals surface area contributed by atoms with Crippen LogP contribution in [0, 0.1) is 0 Å². The van der Waals surface area contributed by atoms with Gasteiger partial charge in [0.1, 0.15) is 0 Å². The first kappa shape index (κ1) is 11.7. The van der Waals surface area contributed by atoms with Gasteiger partial charge < -0.3 is 0 Å². The molecule has 0 saturated carbocycles. The number of rotatable bonds is 5. The number of benzene rings is 1. The molecule has 16 heavy (non-hydrogen) atoms. The topological polar surface area (TPSA) is 17.1 Å². The predicted octanol–water partition coefficient (Wildman–Crippen LogP) is 4.10. The van der Waals surface area contributed by atoms with E-state index in [0.29, 0.717) is 12.2 Å². The second kappa shape index (κ2) is 5.53. The van der Waals surface area contributed by atoms with Gasteiger partial charge in [0.2, 0.25) is 0 Å². The van der Waals surface area contributed by atoms with Crippen molar-refractivity contribution in [2.24, 2.45) is 0 Å². The highest BCUT2D eigenvalue weighted by molar-refractivity contribution is 7.99. The smallest absolute Gasteiger partial charge is 0.162 e. The summed E-state index contributed by atoms with van der Waals surface area (Å²) in [5.41, 5.74) is 2.28. The molecule has 1 heterocycles. The van der Waals surface area contributed by atoms with Crippen LogP contribution >= 0.6 is 11.8 Å². The minimum Gasteiger partial charge on any atom is -0.294 e. The second-order valence-corrected chi connectivity index (χ2v) is 5.44. The number of carbonyl (C=O) groups excluding carboxylic acids is 1. The molecule has 0 bridgehead atoms. The van der Waals surface area contributed by atoms with Crippen molar-refractivity contribution in [3.8, 4) is 0 Å². The average molecular weight is 234 g/mol. The summed E-state index contributed by atoms with van der Waals surface area (Å²) in [6, 6.07) is 6.20. The van der Waals surface area contributed by atoms with Crippen LogP contribution in [0.25, 0.3) is 0 Å². The van der Waals surface area contributed by atoms with Crippen LogP contribution in [0.1, 0.15) is 48.5 Å². The van der Waals surface area contributed by atoms with E-state index in [2.05, 4.69) is 19.1 Å². The maximum Gasteiger partial charge on any atom is 0.162 e. The van der Waals surface area contributed by atoms with E-state index in [0.717, 1.165) is 24.8 Å². The van der Waals surface area contributed by atoms with Gasteiger partial charge >= 0.3 is 0 Å². The standard InChI is InChI=1S/C14H18OS/c1-2-3-4-5-13(15)11-6-7-14-12(10-11)8-9-16-14/h6-7,10H,2-5,8-9H2,1H3. The lowest BCUT2D eigenvalue weighted by molar-refractivity contribution is 0.0979. The van der Waals surface area contributed by atoms with Crippen molar-refractivity contribution in [2.75, 3.05) is 5.75 Å². The van der Waals surface area contributed by atoms with Crippen LogP contribution < -0.4 is 0 Å². The SMILES string of the molecule is CCCCCC(=O)c1ccc2c(c1)CCS2. The number of thioether (sulfide) groups is 1. The van der Waals surface area contributed by atoms with Gasteiger partial charge in [-0.05, 0) is 30.5 Å². The molecule has 0 atom stereocenters. The summed E-state index contributed by atoms with van der Waals surface area (Å²) in [5, 5.41) is 0. The molecule has 0 unspecified atom stereocenters. The molecule has 0 radical (unpaired) electrons. The normalized spacial score (nSPS) is 13.8. The van der Waals surface area contributed by atoms with Gasteiger partial charge in [-0.15, -0.1) is 11.8 Å². The molecule has 0 N–H and O–H groups in total. The summed E-state index contributed by atoms with van der Waals surface area (Å²) in [6.45, 7) is 2.16. The maximum atomic E-state index is 11.9. The van der Waals surface area contributed by atoms with Crippen molar-refractivity contribution < 1.29 is 4.79 Å².